The Kier molecular flexibility index (Phi) is 5.52. The van der Waals surface area contributed by atoms with Crippen LogP contribution >= 0.6 is 0 Å². The van der Waals surface area contributed by atoms with Crippen LogP contribution in [-0.2, 0) is 20.0 Å². The maximum absolute atomic E-state index is 13.3. The van der Waals surface area contributed by atoms with Gasteiger partial charge in [-0.3, -0.25) is 0 Å². The Morgan fingerprint density at radius 2 is 2.00 bits per heavy atom. The number of hydrogen-bond donors (Lipinski definition) is 0. The Morgan fingerprint density at radius 3 is 2.71 bits per heavy atom. The summed E-state index contributed by atoms with van der Waals surface area (Å²) < 4.78 is 17.6. The van der Waals surface area contributed by atoms with Crippen molar-refractivity contribution in [3.05, 3.63) is 65.5 Å². The van der Waals surface area contributed by atoms with Crippen molar-refractivity contribution in [1.82, 2.24) is 29.2 Å². The van der Waals surface area contributed by atoms with E-state index >= 15 is 0 Å². The van der Waals surface area contributed by atoms with Crippen LogP contribution in [0, 0.1) is 12.7 Å². The van der Waals surface area contributed by atoms with Crippen LogP contribution < -0.4 is 0 Å². The van der Waals surface area contributed by atoms with Crippen molar-refractivity contribution in [2.45, 2.75) is 38.6 Å². The Hall–Kier alpha value is -2.54. The van der Waals surface area contributed by atoms with Gasteiger partial charge in [0.15, 0.2) is 5.82 Å². The van der Waals surface area contributed by atoms with Gasteiger partial charge >= 0.3 is 0 Å². The summed E-state index contributed by atoms with van der Waals surface area (Å²) in [5.74, 6) is 3.32. The molecule has 0 aliphatic carbocycles. The van der Waals surface area contributed by atoms with E-state index < -0.39 is 0 Å². The predicted octanol–water partition coefficient (Wildman–Crippen LogP) is 2.93. The number of likely N-dealkylation sites (tertiary alicyclic amines) is 1. The Balaban J connectivity index is 1.32. The van der Waals surface area contributed by atoms with Gasteiger partial charge in [0.05, 0.1) is 6.54 Å². The third-order valence-corrected chi connectivity index (χ3v) is 5.79. The lowest BCUT2D eigenvalue weighted by molar-refractivity contribution is 0.210. The standard InChI is InChI=1S/C21H27FN6/c1-16-23-9-13-28(16)15-20-24-25-21(26(20)2)18-7-11-27(12-8-18)10-6-17-4-3-5-19(22)14-17/h3-5,9,13-14,18H,6-8,10-12,15H2,1-2H3. The number of hydrogen-bond acceptors (Lipinski definition) is 4. The third-order valence-electron chi connectivity index (χ3n) is 5.79. The summed E-state index contributed by atoms with van der Waals surface area (Å²) >= 11 is 0. The van der Waals surface area contributed by atoms with Crippen molar-refractivity contribution < 1.29 is 4.39 Å². The fourth-order valence-electron chi connectivity index (χ4n) is 3.99. The zero-order valence-electron chi connectivity index (χ0n) is 16.6. The lowest BCUT2D eigenvalue weighted by atomic mass is 9.95. The van der Waals surface area contributed by atoms with Crippen LogP contribution in [0.4, 0.5) is 4.39 Å². The first-order chi connectivity index (χ1) is 13.6. The van der Waals surface area contributed by atoms with Crippen LogP contribution in [0.3, 0.4) is 0 Å². The van der Waals surface area contributed by atoms with Gasteiger partial charge in [-0.25, -0.2) is 9.37 Å². The summed E-state index contributed by atoms with van der Waals surface area (Å²) in [5, 5.41) is 8.92. The zero-order valence-corrected chi connectivity index (χ0v) is 16.6. The smallest absolute Gasteiger partial charge is 0.152 e. The van der Waals surface area contributed by atoms with Crippen LogP contribution in [-0.4, -0.2) is 48.8 Å². The lowest BCUT2D eigenvalue weighted by Gasteiger charge is -2.31. The predicted molar refractivity (Wildman–Crippen MR) is 106 cm³/mol. The molecule has 0 atom stereocenters. The quantitative estimate of drug-likeness (QED) is 0.658. The number of imidazole rings is 1. The van der Waals surface area contributed by atoms with Gasteiger partial charge < -0.3 is 14.0 Å². The van der Waals surface area contributed by atoms with Crippen molar-refractivity contribution in [1.29, 1.82) is 0 Å². The Bertz CT molecular complexity index is 923. The Morgan fingerprint density at radius 1 is 1.18 bits per heavy atom. The van der Waals surface area contributed by atoms with E-state index in [2.05, 4.69) is 36.3 Å². The molecule has 4 rings (SSSR count). The highest BCUT2D eigenvalue weighted by Crippen LogP contribution is 2.27. The van der Waals surface area contributed by atoms with Gasteiger partial charge in [0.1, 0.15) is 17.5 Å². The average Bonchev–Trinajstić information content (AvgIpc) is 3.27. The molecule has 6 nitrogen and oxygen atoms in total. The third kappa shape index (κ3) is 4.14. The molecule has 0 amide bonds. The molecule has 0 spiro atoms. The number of aromatic nitrogens is 5. The summed E-state index contributed by atoms with van der Waals surface area (Å²) in [6.45, 7) is 5.75. The van der Waals surface area contributed by atoms with Gasteiger partial charge in [0.2, 0.25) is 0 Å². The van der Waals surface area contributed by atoms with Gasteiger partial charge in [-0.2, -0.15) is 0 Å². The van der Waals surface area contributed by atoms with Gasteiger partial charge in [-0.1, -0.05) is 12.1 Å². The van der Waals surface area contributed by atoms with E-state index in [1.807, 2.05) is 25.4 Å². The van der Waals surface area contributed by atoms with E-state index in [-0.39, 0.29) is 5.82 Å². The molecule has 148 valence electrons. The second-order valence-corrected chi connectivity index (χ2v) is 7.63. The summed E-state index contributed by atoms with van der Waals surface area (Å²) in [6, 6.07) is 6.92. The minimum atomic E-state index is -0.153. The van der Waals surface area contributed by atoms with Crippen molar-refractivity contribution >= 4 is 0 Å². The first-order valence-electron chi connectivity index (χ1n) is 9.93. The summed E-state index contributed by atoms with van der Waals surface area (Å²) in [7, 11) is 2.06. The summed E-state index contributed by atoms with van der Waals surface area (Å²) in [4.78, 5) is 6.74. The summed E-state index contributed by atoms with van der Waals surface area (Å²) in [6.07, 6.45) is 6.84. The maximum atomic E-state index is 13.3. The fraction of sp³-hybridized carbons (Fsp3) is 0.476. The molecule has 0 radical (unpaired) electrons. The fourth-order valence-corrected chi connectivity index (χ4v) is 3.99. The number of aryl methyl sites for hydroxylation is 1. The number of benzene rings is 1. The molecular weight excluding hydrogens is 355 g/mol. The first-order valence-corrected chi connectivity index (χ1v) is 9.93. The SMILES string of the molecule is Cc1nccn1Cc1nnc(C2CCN(CCc3cccc(F)c3)CC2)n1C. The number of halogens is 1. The molecule has 2 aromatic heterocycles. The van der Waals surface area contributed by atoms with Gasteiger partial charge in [-0.15, -0.1) is 10.2 Å². The molecule has 3 aromatic rings. The van der Waals surface area contributed by atoms with Crippen LogP contribution in [0.2, 0.25) is 0 Å². The van der Waals surface area contributed by atoms with E-state index in [1.54, 1.807) is 12.1 Å². The molecule has 0 saturated carbocycles. The van der Waals surface area contributed by atoms with Crippen LogP contribution in [0.5, 0.6) is 0 Å². The topological polar surface area (TPSA) is 51.8 Å². The molecule has 1 aliphatic rings. The molecule has 3 heterocycles. The molecule has 7 heteroatoms. The number of nitrogens with zero attached hydrogens (tertiary/aromatic N) is 6. The highest BCUT2D eigenvalue weighted by atomic mass is 19.1. The van der Waals surface area contributed by atoms with Crippen molar-refractivity contribution in [3.63, 3.8) is 0 Å². The zero-order chi connectivity index (χ0) is 19.5. The Labute approximate surface area is 165 Å². The molecule has 28 heavy (non-hydrogen) atoms. The highest BCUT2D eigenvalue weighted by molar-refractivity contribution is 5.16. The van der Waals surface area contributed by atoms with Crippen LogP contribution in [0.25, 0.3) is 0 Å². The molecule has 0 unspecified atom stereocenters. The second-order valence-electron chi connectivity index (χ2n) is 7.63. The molecule has 0 bridgehead atoms. The maximum Gasteiger partial charge on any atom is 0.152 e. The van der Waals surface area contributed by atoms with E-state index in [1.165, 1.54) is 6.07 Å². The van der Waals surface area contributed by atoms with Crippen molar-refractivity contribution in [2.75, 3.05) is 19.6 Å². The molecule has 0 N–H and O–H groups in total. The number of piperidine rings is 1. The van der Waals surface area contributed by atoms with E-state index in [9.17, 15) is 4.39 Å². The van der Waals surface area contributed by atoms with E-state index in [0.29, 0.717) is 12.5 Å². The van der Waals surface area contributed by atoms with Gasteiger partial charge in [0.25, 0.3) is 0 Å². The van der Waals surface area contributed by atoms with Crippen LogP contribution in [0.1, 0.15) is 41.8 Å². The molecule has 1 aliphatic heterocycles. The summed E-state index contributed by atoms with van der Waals surface area (Å²) in [5.41, 5.74) is 1.06. The number of rotatable bonds is 6. The van der Waals surface area contributed by atoms with Crippen molar-refractivity contribution in [2.24, 2.45) is 7.05 Å². The second kappa shape index (κ2) is 8.22. The minimum absolute atomic E-state index is 0.153. The average molecular weight is 382 g/mol. The van der Waals surface area contributed by atoms with E-state index in [4.69, 9.17) is 0 Å². The van der Waals surface area contributed by atoms with Crippen molar-refractivity contribution in [3.8, 4) is 0 Å². The molecule has 1 fully saturated rings. The van der Waals surface area contributed by atoms with Gasteiger partial charge in [0, 0.05) is 31.9 Å². The highest BCUT2D eigenvalue weighted by Gasteiger charge is 2.25. The minimum Gasteiger partial charge on any atom is -0.328 e. The first kappa shape index (κ1) is 18.8. The lowest BCUT2D eigenvalue weighted by Crippen LogP contribution is -2.35. The van der Waals surface area contributed by atoms with E-state index in [0.717, 1.165) is 61.9 Å². The van der Waals surface area contributed by atoms with Crippen LogP contribution in [0.15, 0.2) is 36.7 Å². The molecule has 1 aromatic carbocycles. The largest absolute Gasteiger partial charge is 0.328 e. The normalized spacial score (nSPS) is 16.0. The molecular formula is C21H27FN6. The monoisotopic (exact) mass is 382 g/mol. The molecule has 1 saturated heterocycles. The van der Waals surface area contributed by atoms with Gasteiger partial charge in [-0.05, 0) is 57.0 Å².